The highest BCUT2D eigenvalue weighted by molar-refractivity contribution is 6.02. The lowest BCUT2D eigenvalue weighted by Gasteiger charge is -2.12. The Morgan fingerprint density at radius 3 is 2.73 bits per heavy atom. The van der Waals surface area contributed by atoms with Gasteiger partial charge in [-0.2, -0.15) is 0 Å². The van der Waals surface area contributed by atoms with Crippen LogP contribution in [0.25, 0.3) is 0 Å². The summed E-state index contributed by atoms with van der Waals surface area (Å²) < 4.78 is 10.6. The van der Waals surface area contributed by atoms with E-state index < -0.39 is 0 Å². The van der Waals surface area contributed by atoms with Crippen LogP contribution in [0.5, 0.6) is 11.5 Å². The van der Waals surface area contributed by atoms with E-state index in [1.54, 1.807) is 14.2 Å². The Hall–Kier alpha value is -1.71. The second kappa shape index (κ2) is 4.21. The first kappa shape index (κ1) is 9.83. The van der Waals surface area contributed by atoms with Crippen molar-refractivity contribution in [1.29, 1.82) is 0 Å². The monoisotopic (exact) mass is 206 g/mol. The number of nitrogens with one attached hydrogen (secondary N) is 1. The van der Waals surface area contributed by atoms with E-state index in [9.17, 15) is 0 Å². The van der Waals surface area contributed by atoms with Crippen LogP contribution in [0, 0.1) is 0 Å². The lowest BCUT2D eigenvalue weighted by Crippen LogP contribution is -2.20. The molecule has 1 heterocycles. The lowest BCUT2D eigenvalue weighted by atomic mass is 10.1. The standard InChI is InChI=1S/C11H14N2O2/c1-14-9-5-3-4-8(10(9)15-2)11-12-6-7-13-11/h3-5H,6-7H2,1-2H3,(H,12,13). The summed E-state index contributed by atoms with van der Waals surface area (Å²) >= 11 is 0. The highest BCUT2D eigenvalue weighted by Crippen LogP contribution is 2.30. The number of hydrogen-bond donors (Lipinski definition) is 1. The normalized spacial score (nSPS) is 14.4. The molecule has 0 atom stereocenters. The summed E-state index contributed by atoms with van der Waals surface area (Å²) in [6.45, 7) is 1.70. The van der Waals surface area contributed by atoms with Crippen LogP contribution in [-0.2, 0) is 0 Å². The van der Waals surface area contributed by atoms with Crippen molar-refractivity contribution in [2.45, 2.75) is 0 Å². The molecular formula is C11H14N2O2. The van der Waals surface area contributed by atoms with Crippen LogP contribution >= 0.6 is 0 Å². The van der Waals surface area contributed by atoms with Crippen molar-refractivity contribution in [2.24, 2.45) is 4.99 Å². The Balaban J connectivity index is 2.45. The first-order valence-corrected chi connectivity index (χ1v) is 4.86. The molecule has 0 amide bonds. The summed E-state index contributed by atoms with van der Waals surface area (Å²) in [6, 6.07) is 5.77. The average molecular weight is 206 g/mol. The van der Waals surface area contributed by atoms with Gasteiger partial charge in [0.15, 0.2) is 11.5 Å². The summed E-state index contributed by atoms with van der Waals surface area (Å²) in [7, 11) is 3.27. The summed E-state index contributed by atoms with van der Waals surface area (Å²) in [5, 5.41) is 3.21. The van der Waals surface area contributed by atoms with Gasteiger partial charge in [-0.3, -0.25) is 4.99 Å². The lowest BCUT2D eigenvalue weighted by molar-refractivity contribution is 0.354. The summed E-state index contributed by atoms with van der Waals surface area (Å²) in [4.78, 5) is 4.36. The van der Waals surface area contributed by atoms with Crippen LogP contribution < -0.4 is 14.8 Å². The fourth-order valence-corrected chi connectivity index (χ4v) is 1.65. The van der Waals surface area contributed by atoms with Gasteiger partial charge in [-0.1, -0.05) is 6.07 Å². The van der Waals surface area contributed by atoms with Gasteiger partial charge in [0.05, 0.1) is 26.3 Å². The summed E-state index contributed by atoms with van der Waals surface area (Å²) in [5.41, 5.74) is 0.953. The van der Waals surface area contributed by atoms with E-state index in [2.05, 4.69) is 10.3 Å². The zero-order valence-corrected chi connectivity index (χ0v) is 8.91. The fraction of sp³-hybridized carbons (Fsp3) is 0.364. The van der Waals surface area contributed by atoms with E-state index in [-0.39, 0.29) is 0 Å². The molecule has 1 aliphatic heterocycles. The zero-order chi connectivity index (χ0) is 10.7. The Morgan fingerprint density at radius 1 is 1.27 bits per heavy atom. The van der Waals surface area contributed by atoms with E-state index in [1.807, 2.05) is 18.2 Å². The molecule has 0 aliphatic carbocycles. The molecule has 0 aromatic heterocycles. The molecule has 0 radical (unpaired) electrons. The predicted octanol–water partition coefficient (Wildman–Crippen LogP) is 1.05. The molecule has 1 aromatic carbocycles. The molecule has 2 rings (SSSR count). The summed E-state index contributed by atoms with van der Waals surface area (Å²) in [5.74, 6) is 2.34. The van der Waals surface area contributed by atoms with Crippen molar-refractivity contribution in [3.05, 3.63) is 23.8 Å². The van der Waals surface area contributed by atoms with E-state index in [0.717, 1.165) is 36.0 Å². The minimum absolute atomic E-state index is 0.728. The van der Waals surface area contributed by atoms with Gasteiger partial charge in [-0.25, -0.2) is 0 Å². The van der Waals surface area contributed by atoms with Crippen LogP contribution in [-0.4, -0.2) is 33.1 Å². The number of hydrogen-bond acceptors (Lipinski definition) is 4. The second-order valence-corrected chi connectivity index (χ2v) is 3.20. The Kier molecular flexibility index (Phi) is 2.76. The number of nitrogens with zero attached hydrogens (tertiary/aromatic N) is 1. The average Bonchev–Trinajstić information content (AvgIpc) is 2.81. The largest absolute Gasteiger partial charge is 0.493 e. The van der Waals surface area contributed by atoms with Gasteiger partial charge in [0, 0.05) is 6.54 Å². The third kappa shape index (κ3) is 1.75. The van der Waals surface area contributed by atoms with Gasteiger partial charge in [0.25, 0.3) is 0 Å². The number of aliphatic imine (C=N–C) groups is 1. The number of methoxy groups -OCH3 is 2. The highest BCUT2D eigenvalue weighted by atomic mass is 16.5. The molecule has 0 saturated carbocycles. The molecule has 0 bridgehead atoms. The molecule has 1 aliphatic rings. The van der Waals surface area contributed by atoms with Gasteiger partial charge < -0.3 is 14.8 Å². The fourth-order valence-electron chi connectivity index (χ4n) is 1.65. The van der Waals surface area contributed by atoms with Crippen LogP contribution in [0.1, 0.15) is 5.56 Å². The van der Waals surface area contributed by atoms with Crippen molar-refractivity contribution in [2.75, 3.05) is 27.3 Å². The Bertz CT molecular complexity index is 388. The van der Waals surface area contributed by atoms with E-state index in [1.165, 1.54) is 0 Å². The molecule has 15 heavy (non-hydrogen) atoms. The first-order chi connectivity index (χ1) is 7.36. The van der Waals surface area contributed by atoms with E-state index in [0.29, 0.717) is 0 Å². The predicted molar refractivity (Wildman–Crippen MR) is 59.0 cm³/mol. The Labute approximate surface area is 88.9 Å². The maximum Gasteiger partial charge on any atom is 0.171 e. The second-order valence-electron chi connectivity index (χ2n) is 3.20. The van der Waals surface area contributed by atoms with Gasteiger partial charge in [-0.15, -0.1) is 0 Å². The molecule has 0 spiro atoms. The smallest absolute Gasteiger partial charge is 0.171 e. The maximum absolute atomic E-state index is 5.33. The van der Waals surface area contributed by atoms with Crippen molar-refractivity contribution >= 4 is 5.84 Å². The van der Waals surface area contributed by atoms with Crippen molar-refractivity contribution in [3.8, 4) is 11.5 Å². The van der Waals surface area contributed by atoms with Gasteiger partial charge in [0.1, 0.15) is 5.84 Å². The molecule has 1 N–H and O–H groups in total. The quantitative estimate of drug-likeness (QED) is 0.804. The molecule has 1 aromatic rings. The van der Waals surface area contributed by atoms with Crippen molar-refractivity contribution in [1.82, 2.24) is 5.32 Å². The van der Waals surface area contributed by atoms with Crippen molar-refractivity contribution in [3.63, 3.8) is 0 Å². The highest BCUT2D eigenvalue weighted by Gasteiger charge is 2.16. The van der Waals surface area contributed by atoms with Gasteiger partial charge >= 0.3 is 0 Å². The number of para-hydroxylation sites is 1. The minimum atomic E-state index is 0.728. The van der Waals surface area contributed by atoms with Crippen LogP contribution in [0.4, 0.5) is 0 Å². The molecule has 0 fully saturated rings. The molecule has 4 nitrogen and oxygen atoms in total. The van der Waals surface area contributed by atoms with Crippen LogP contribution in [0.2, 0.25) is 0 Å². The minimum Gasteiger partial charge on any atom is -0.493 e. The van der Waals surface area contributed by atoms with Gasteiger partial charge in [-0.05, 0) is 12.1 Å². The van der Waals surface area contributed by atoms with Crippen LogP contribution in [0.3, 0.4) is 0 Å². The maximum atomic E-state index is 5.33. The summed E-state index contributed by atoms with van der Waals surface area (Å²) in [6.07, 6.45) is 0. The van der Waals surface area contributed by atoms with E-state index in [4.69, 9.17) is 9.47 Å². The number of ether oxygens (including phenoxy) is 2. The molecule has 80 valence electrons. The molecule has 0 unspecified atom stereocenters. The third-order valence-electron chi connectivity index (χ3n) is 2.33. The Morgan fingerprint density at radius 2 is 2.13 bits per heavy atom. The number of amidine groups is 1. The van der Waals surface area contributed by atoms with Crippen LogP contribution in [0.15, 0.2) is 23.2 Å². The molecular weight excluding hydrogens is 192 g/mol. The molecule has 0 saturated heterocycles. The third-order valence-corrected chi connectivity index (χ3v) is 2.33. The SMILES string of the molecule is COc1cccc(C2=NCCN2)c1OC. The first-order valence-electron chi connectivity index (χ1n) is 4.86. The van der Waals surface area contributed by atoms with Gasteiger partial charge in [0.2, 0.25) is 0 Å². The number of rotatable bonds is 3. The van der Waals surface area contributed by atoms with Crippen molar-refractivity contribution < 1.29 is 9.47 Å². The molecule has 4 heteroatoms. The topological polar surface area (TPSA) is 42.8 Å². The van der Waals surface area contributed by atoms with E-state index >= 15 is 0 Å². The number of benzene rings is 1. The zero-order valence-electron chi connectivity index (χ0n) is 8.91.